The number of amides is 1. The Morgan fingerprint density at radius 1 is 1.33 bits per heavy atom. The van der Waals surface area contributed by atoms with Crippen LogP contribution in [0.5, 0.6) is 0 Å². The summed E-state index contributed by atoms with van der Waals surface area (Å²) in [6.45, 7) is 5.08. The zero-order valence-electron chi connectivity index (χ0n) is 11.6. The van der Waals surface area contributed by atoms with Crippen LogP contribution in [0.2, 0.25) is 0 Å². The summed E-state index contributed by atoms with van der Waals surface area (Å²) >= 11 is 1.99. The molecule has 3 nitrogen and oxygen atoms in total. The standard InChI is InChI=1S/C14H26N2OS/c1-13(7-5-9-18-13)10-16-12(17)11-6-3-4-8-14(11,2)15/h11H,3-10,15H2,1-2H3,(H,16,17). The molecule has 0 bridgehead atoms. The van der Waals surface area contributed by atoms with Crippen LogP contribution in [0, 0.1) is 5.92 Å². The van der Waals surface area contributed by atoms with Gasteiger partial charge in [-0.2, -0.15) is 11.8 Å². The molecule has 0 radical (unpaired) electrons. The van der Waals surface area contributed by atoms with Gasteiger partial charge < -0.3 is 11.1 Å². The first-order chi connectivity index (χ1) is 8.43. The molecule has 18 heavy (non-hydrogen) atoms. The Kier molecular flexibility index (Phi) is 4.27. The van der Waals surface area contributed by atoms with E-state index in [1.165, 1.54) is 18.6 Å². The maximum absolute atomic E-state index is 12.3. The highest BCUT2D eigenvalue weighted by Crippen LogP contribution is 2.37. The first-order valence-corrected chi connectivity index (χ1v) is 8.12. The molecule has 3 unspecified atom stereocenters. The van der Waals surface area contributed by atoms with Crippen LogP contribution in [-0.2, 0) is 4.79 Å². The molecule has 0 aromatic carbocycles. The van der Waals surface area contributed by atoms with E-state index in [0.717, 1.165) is 32.2 Å². The lowest BCUT2D eigenvalue weighted by molar-refractivity contribution is -0.128. The largest absolute Gasteiger partial charge is 0.354 e. The summed E-state index contributed by atoms with van der Waals surface area (Å²) in [6, 6.07) is 0. The number of hydrogen-bond donors (Lipinski definition) is 2. The molecule has 4 heteroatoms. The third-order valence-electron chi connectivity index (χ3n) is 4.51. The maximum atomic E-state index is 12.3. The minimum absolute atomic E-state index is 0.00116. The Morgan fingerprint density at radius 2 is 2.11 bits per heavy atom. The molecule has 1 saturated carbocycles. The first-order valence-electron chi connectivity index (χ1n) is 7.14. The van der Waals surface area contributed by atoms with Crippen molar-refractivity contribution in [2.75, 3.05) is 12.3 Å². The molecule has 0 aromatic rings. The Hall–Kier alpha value is -0.220. The molecule has 3 atom stereocenters. The van der Waals surface area contributed by atoms with Gasteiger partial charge in [-0.15, -0.1) is 0 Å². The molecule has 2 aliphatic rings. The van der Waals surface area contributed by atoms with Crippen molar-refractivity contribution in [3.63, 3.8) is 0 Å². The molecule has 104 valence electrons. The summed E-state index contributed by atoms with van der Waals surface area (Å²) in [5, 5.41) is 3.15. The molecule has 2 rings (SSSR count). The third-order valence-corrected chi connectivity index (χ3v) is 6.05. The molecule has 1 heterocycles. The summed E-state index contributed by atoms with van der Waals surface area (Å²) in [5.74, 6) is 1.40. The van der Waals surface area contributed by atoms with Crippen molar-refractivity contribution in [2.24, 2.45) is 11.7 Å². The van der Waals surface area contributed by atoms with Crippen molar-refractivity contribution in [2.45, 2.75) is 62.7 Å². The average Bonchev–Trinajstić information content (AvgIpc) is 2.73. The molecule has 1 amide bonds. The van der Waals surface area contributed by atoms with Crippen LogP contribution >= 0.6 is 11.8 Å². The molecule has 1 saturated heterocycles. The fourth-order valence-electron chi connectivity index (χ4n) is 3.16. The SMILES string of the molecule is CC1(CNC(=O)C2CCCCC2(C)N)CCCS1. The smallest absolute Gasteiger partial charge is 0.225 e. The number of nitrogens with two attached hydrogens (primary N) is 1. The maximum Gasteiger partial charge on any atom is 0.225 e. The second-order valence-corrected chi connectivity index (χ2v) is 8.11. The van der Waals surface area contributed by atoms with Gasteiger partial charge in [0.2, 0.25) is 5.91 Å². The lowest BCUT2D eigenvalue weighted by atomic mass is 9.74. The van der Waals surface area contributed by atoms with Crippen LogP contribution in [0.15, 0.2) is 0 Å². The Labute approximate surface area is 115 Å². The van der Waals surface area contributed by atoms with Gasteiger partial charge in [0.1, 0.15) is 0 Å². The highest BCUT2D eigenvalue weighted by molar-refractivity contribution is 8.00. The predicted molar refractivity (Wildman–Crippen MR) is 77.7 cm³/mol. The summed E-state index contributed by atoms with van der Waals surface area (Å²) in [4.78, 5) is 12.3. The van der Waals surface area contributed by atoms with E-state index in [1.54, 1.807) is 0 Å². The van der Waals surface area contributed by atoms with Gasteiger partial charge in [-0.1, -0.05) is 12.8 Å². The van der Waals surface area contributed by atoms with Crippen LogP contribution in [0.3, 0.4) is 0 Å². The predicted octanol–water partition coefficient (Wildman–Crippen LogP) is 2.30. The molecule has 1 aliphatic carbocycles. The summed E-state index contributed by atoms with van der Waals surface area (Å²) in [5.41, 5.74) is 5.96. The topological polar surface area (TPSA) is 55.1 Å². The van der Waals surface area contributed by atoms with Crippen molar-refractivity contribution in [3.05, 3.63) is 0 Å². The second-order valence-electron chi connectivity index (χ2n) is 6.42. The van der Waals surface area contributed by atoms with Crippen molar-refractivity contribution in [1.29, 1.82) is 0 Å². The normalized spacial score (nSPS) is 40.7. The number of rotatable bonds is 3. The van der Waals surface area contributed by atoms with Crippen molar-refractivity contribution >= 4 is 17.7 Å². The number of hydrogen-bond acceptors (Lipinski definition) is 3. The van der Waals surface area contributed by atoms with E-state index in [2.05, 4.69) is 12.2 Å². The zero-order chi connectivity index (χ0) is 13.2. The average molecular weight is 270 g/mol. The minimum atomic E-state index is -0.313. The van der Waals surface area contributed by atoms with E-state index in [1.807, 2.05) is 18.7 Å². The van der Waals surface area contributed by atoms with Gasteiger partial charge in [0.15, 0.2) is 0 Å². The lowest BCUT2D eigenvalue weighted by Gasteiger charge is -2.37. The Bertz CT molecular complexity index is 311. The van der Waals surface area contributed by atoms with Gasteiger partial charge in [-0.3, -0.25) is 4.79 Å². The van der Waals surface area contributed by atoms with Gasteiger partial charge >= 0.3 is 0 Å². The molecule has 0 aromatic heterocycles. The molecule has 3 N–H and O–H groups in total. The summed E-state index contributed by atoms with van der Waals surface area (Å²) < 4.78 is 0.245. The number of carbonyl (C=O) groups excluding carboxylic acids is 1. The molecule has 2 fully saturated rings. The number of nitrogens with one attached hydrogen (secondary N) is 1. The van der Waals surface area contributed by atoms with Gasteiger partial charge in [0.05, 0.1) is 5.92 Å². The van der Waals surface area contributed by atoms with Crippen molar-refractivity contribution < 1.29 is 4.79 Å². The number of thioether (sulfide) groups is 1. The fourth-order valence-corrected chi connectivity index (χ4v) is 4.41. The highest BCUT2D eigenvalue weighted by atomic mass is 32.2. The Balaban J connectivity index is 1.87. The highest BCUT2D eigenvalue weighted by Gasteiger charge is 2.38. The number of carbonyl (C=O) groups is 1. The molecular formula is C14H26N2OS. The van der Waals surface area contributed by atoms with Gasteiger partial charge in [0.25, 0.3) is 0 Å². The van der Waals surface area contributed by atoms with Crippen molar-refractivity contribution in [3.8, 4) is 0 Å². The van der Waals surface area contributed by atoms with E-state index in [4.69, 9.17) is 5.73 Å². The first kappa shape index (κ1) is 14.2. The fraction of sp³-hybridized carbons (Fsp3) is 0.929. The molecule has 1 aliphatic heterocycles. The van der Waals surface area contributed by atoms with Crippen molar-refractivity contribution in [1.82, 2.24) is 5.32 Å². The lowest BCUT2D eigenvalue weighted by Crippen LogP contribution is -2.54. The van der Waals surface area contributed by atoms with E-state index < -0.39 is 0 Å². The summed E-state index contributed by atoms with van der Waals surface area (Å²) in [6.07, 6.45) is 6.69. The Morgan fingerprint density at radius 3 is 2.72 bits per heavy atom. The molecule has 0 spiro atoms. The molecular weight excluding hydrogens is 244 g/mol. The second kappa shape index (κ2) is 5.41. The monoisotopic (exact) mass is 270 g/mol. The quantitative estimate of drug-likeness (QED) is 0.827. The zero-order valence-corrected chi connectivity index (χ0v) is 12.4. The summed E-state index contributed by atoms with van der Waals surface area (Å²) in [7, 11) is 0. The van der Waals surface area contributed by atoms with Gasteiger partial charge in [-0.05, 0) is 45.3 Å². The van der Waals surface area contributed by atoms with E-state index >= 15 is 0 Å². The van der Waals surface area contributed by atoms with Crippen LogP contribution in [0.1, 0.15) is 52.4 Å². The van der Waals surface area contributed by atoms with Gasteiger partial charge in [-0.25, -0.2) is 0 Å². The van der Waals surface area contributed by atoms with Crippen LogP contribution < -0.4 is 11.1 Å². The van der Waals surface area contributed by atoms with Crippen LogP contribution in [-0.4, -0.2) is 28.5 Å². The van der Waals surface area contributed by atoms with Gasteiger partial charge in [0, 0.05) is 16.8 Å². The van der Waals surface area contributed by atoms with E-state index in [0.29, 0.717) is 0 Å². The van der Waals surface area contributed by atoms with E-state index in [-0.39, 0.29) is 22.1 Å². The minimum Gasteiger partial charge on any atom is -0.354 e. The van der Waals surface area contributed by atoms with E-state index in [9.17, 15) is 4.79 Å². The van der Waals surface area contributed by atoms with Crippen LogP contribution in [0.25, 0.3) is 0 Å². The third kappa shape index (κ3) is 3.21. The van der Waals surface area contributed by atoms with Crippen LogP contribution in [0.4, 0.5) is 0 Å².